The van der Waals surface area contributed by atoms with Crippen molar-refractivity contribution in [2.45, 2.75) is 12.7 Å². The summed E-state index contributed by atoms with van der Waals surface area (Å²) in [6.45, 7) is 3.39. The Balaban J connectivity index is 1.89. The molecule has 0 spiro atoms. The van der Waals surface area contributed by atoms with Gasteiger partial charge in [0.2, 0.25) is 5.79 Å². The first-order valence-electron chi connectivity index (χ1n) is 6.75. The quantitative estimate of drug-likeness (QED) is 0.782. The largest absolute Gasteiger partial charge is 0.343 e. The van der Waals surface area contributed by atoms with Gasteiger partial charge in [-0.2, -0.15) is 0 Å². The fraction of sp³-hybridized carbons (Fsp3) is 0.294. The van der Waals surface area contributed by atoms with E-state index < -0.39 is 5.79 Å². The maximum atomic E-state index is 5.77. The van der Waals surface area contributed by atoms with Gasteiger partial charge in [0.05, 0.1) is 18.5 Å². The lowest BCUT2D eigenvalue weighted by Gasteiger charge is -2.25. The molecule has 0 aliphatic carbocycles. The van der Waals surface area contributed by atoms with Crippen LogP contribution in [0.2, 0.25) is 0 Å². The summed E-state index contributed by atoms with van der Waals surface area (Å²) in [6, 6.07) is 17.0. The third kappa shape index (κ3) is 2.53. The minimum absolute atomic E-state index is 0.619. The van der Waals surface area contributed by atoms with Crippen LogP contribution in [0.5, 0.6) is 0 Å². The van der Waals surface area contributed by atoms with Crippen molar-refractivity contribution in [2.24, 2.45) is 0 Å². The monoisotopic (exact) mass is 332 g/mol. The van der Waals surface area contributed by atoms with E-state index in [0.717, 1.165) is 5.56 Å². The Kier molecular flexibility index (Phi) is 3.92. The highest BCUT2D eigenvalue weighted by Gasteiger charge is 2.37. The van der Waals surface area contributed by atoms with Crippen molar-refractivity contribution >= 4 is 15.9 Å². The molecule has 2 aromatic carbocycles. The predicted octanol–water partition coefficient (Wildman–Crippen LogP) is 4.26. The number of aryl methyl sites for hydroxylation is 1. The Hall–Kier alpha value is -1.16. The maximum absolute atomic E-state index is 5.77. The topological polar surface area (TPSA) is 18.5 Å². The van der Waals surface area contributed by atoms with Crippen molar-refractivity contribution < 1.29 is 9.47 Å². The van der Waals surface area contributed by atoms with Gasteiger partial charge >= 0.3 is 0 Å². The van der Waals surface area contributed by atoms with E-state index in [2.05, 4.69) is 71.4 Å². The van der Waals surface area contributed by atoms with Gasteiger partial charge in [-0.25, -0.2) is 0 Å². The molecule has 3 heteroatoms. The highest BCUT2D eigenvalue weighted by molar-refractivity contribution is 9.09. The van der Waals surface area contributed by atoms with Crippen LogP contribution >= 0.6 is 15.9 Å². The number of benzene rings is 2. The van der Waals surface area contributed by atoms with Crippen LogP contribution in [0, 0.1) is 6.92 Å². The van der Waals surface area contributed by atoms with Crippen LogP contribution < -0.4 is 0 Å². The third-order valence-electron chi connectivity index (χ3n) is 3.64. The SMILES string of the molecule is Cc1ccc(-c2ccc(C3(CBr)OCCO3)cc2)cc1. The van der Waals surface area contributed by atoms with Crippen molar-refractivity contribution in [3.63, 3.8) is 0 Å². The predicted molar refractivity (Wildman–Crippen MR) is 84.0 cm³/mol. The third-order valence-corrected chi connectivity index (χ3v) is 4.38. The summed E-state index contributed by atoms with van der Waals surface area (Å²) in [5.41, 5.74) is 4.76. The molecule has 0 atom stereocenters. The van der Waals surface area contributed by atoms with E-state index >= 15 is 0 Å². The van der Waals surface area contributed by atoms with E-state index in [-0.39, 0.29) is 0 Å². The number of ether oxygens (including phenoxy) is 2. The summed E-state index contributed by atoms with van der Waals surface area (Å²) in [4.78, 5) is 0. The van der Waals surface area contributed by atoms with Crippen LogP contribution in [0.15, 0.2) is 48.5 Å². The van der Waals surface area contributed by atoms with Crippen LogP contribution in [0.4, 0.5) is 0 Å². The van der Waals surface area contributed by atoms with Crippen LogP contribution in [0.3, 0.4) is 0 Å². The van der Waals surface area contributed by atoms with Crippen molar-refractivity contribution in [1.29, 1.82) is 0 Å². The fourth-order valence-corrected chi connectivity index (χ4v) is 3.09. The van der Waals surface area contributed by atoms with Crippen LogP contribution in [-0.4, -0.2) is 18.5 Å². The first-order chi connectivity index (χ1) is 9.73. The summed E-state index contributed by atoms with van der Waals surface area (Å²) in [7, 11) is 0. The van der Waals surface area contributed by atoms with Crippen molar-refractivity contribution in [3.8, 4) is 11.1 Å². The van der Waals surface area contributed by atoms with E-state index in [1.165, 1.54) is 16.7 Å². The molecular weight excluding hydrogens is 316 g/mol. The zero-order valence-corrected chi connectivity index (χ0v) is 13.0. The lowest BCUT2D eigenvalue weighted by molar-refractivity contribution is -0.144. The first-order valence-corrected chi connectivity index (χ1v) is 7.87. The van der Waals surface area contributed by atoms with Gasteiger partial charge in [0.1, 0.15) is 0 Å². The molecule has 0 radical (unpaired) electrons. The smallest absolute Gasteiger partial charge is 0.204 e. The van der Waals surface area contributed by atoms with E-state index in [4.69, 9.17) is 9.47 Å². The molecule has 20 heavy (non-hydrogen) atoms. The minimum Gasteiger partial charge on any atom is -0.343 e. The van der Waals surface area contributed by atoms with Crippen LogP contribution in [-0.2, 0) is 15.3 Å². The van der Waals surface area contributed by atoms with Crippen molar-refractivity contribution in [3.05, 3.63) is 59.7 Å². The molecule has 104 valence electrons. The van der Waals surface area contributed by atoms with Gasteiger partial charge in [0.25, 0.3) is 0 Å². The minimum atomic E-state index is -0.619. The second kappa shape index (κ2) is 5.68. The Labute approximate surface area is 127 Å². The Bertz CT molecular complexity index is 569. The maximum Gasteiger partial charge on any atom is 0.204 e. The zero-order chi connectivity index (χ0) is 14.0. The molecule has 0 unspecified atom stereocenters. The van der Waals surface area contributed by atoms with Crippen LogP contribution in [0.1, 0.15) is 11.1 Å². The summed E-state index contributed by atoms with van der Waals surface area (Å²) in [6.07, 6.45) is 0. The van der Waals surface area contributed by atoms with Gasteiger partial charge in [-0.05, 0) is 18.1 Å². The molecule has 0 bridgehead atoms. The normalized spacial score (nSPS) is 17.3. The summed E-state index contributed by atoms with van der Waals surface area (Å²) >= 11 is 3.49. The number of hydrogen-bond acceptors (Lipinski definition) is 2. The number of halogens is 1. The molecule has 2 nitrogen and oxygen atoms in total. The number of alkyl halides is 1. The molecule has 0 aromatic heterocycles. The van der Waals surface area contributed by atoms with Crippen molar-refractivity contribution in [1.82, 2.24) is 0 Å². The Morgan fingerprint density at radius 2 is 1.40 bits per heavy atom. The highest BCUT2D eigenvalue weighted by atomic mass is 79.9. The van der Waals surface area contributed by atoms with Gasteiger partial charge in [0.15, 0.2) is 0 Å². The number of hydrogen-bond donors (Lipinski definition) is 0. The molecule has 1 fully saturated rings. The van der Waals surface area contributed by atoms with Gasteiger partial charge in [0, 0.05) is 5.56 Å². The molecule has 1 aliphatic rings. The van der Waals surface area contributed by atoms with Crippen LogP contribution in [0.25, 0.3) is 11.1 Å². The zero-order valence-electron chi connectivity index (χ0n) is 11.4. The lowest BCUT2D eigenvalue weighted by Crippen LogP contribution is -2.28. The molecule has 3 rings (SSSR count). The highest BCUT2D eigenvalue weighted by Crippen LogP contribution is 2.34. The van der Waals surface area contributed by atoms with Gasteiger partial charge in [-0.3, -0.25) is 0 Å². The molecular formula is C17H17BrO2. The standard InChI is InChI=1S/C17H17BrO2/c1-13-2-4-14(5-3-13)15-6-8-16(9-7-15)17(12-18)19-10-11-20-17/h2-9H,10-12H2,1H3. The van der Waals surface area contributed by atoms with E-state index in [1.54, 1.807) is 0 Å². The Morgan fingerprint density at radius 1 is 0.900 bits per heavy atom. The van der Waals surface area contributed by atoms with E-state index in [9.17, 15) is 0 Å². The first kappa shape index (κ1) is 13.8. The summed E-state index contributed by atoms with van der Waals surface area (Å²) < 4.78 is 11.5. The molecule has 0 saturated carbocycles. The Morgan fingerprint density at radius 3 is 1.90 bits per heavy atom. The molecule has 1 heterocycles. The van der Waals surface area contributed by atoms with Crippen molar-refractivity contribution in [2.75, 3.05) is 18.5 Å². The van der Waals surface area contributed by atoms with Gasteiger partial charge in [-0.1, -0.05) is 70.0 Å². The summed E-state index contributed by atoms with van der Waals surface area (Å²) in [5.74, 6) is -0.619. The van der Waals surface area contributed by atoms with Gasteiger partial charge in [-0.15, -0.1) is 0 Å². The summed E-state index contributed by atoms with van der Waals surface area (Å²) in [5, 5.41) is 0.643. The lowest BCUT2D eigenvalue weighted by atomic mass is 10.00. The number of rotatable bonds is 3. The second-order valence-corrected chi connectivity index (χ2v) is 5.59. The molecule has 1 aliphatic heterocycles. The van der Waals surface area contributed by atoms with E-state index in [0.29, 0.717) is 18.5 Å². The average molecular weight is 333 g/mol. The molecule has 0 amide bonds. The van der Waals surface area contributed by atoms with Gasteiger partial charge < -0.3 is 9.47 Å². The fourth-order valence-electron chi connectivity index (χ4n) is 2.44. The van der Waals surface area contributed by atoms with E-state index in [1.807, 2.05) is 0 Å². The second-order valence-electron chi connectivity index (χ2n) is 5.03. The molecule has 2 aromatic rings. The average Bonchev–Trinajstić information content (AvgIpc) is 2.98. The molecule has 0 N–H and O–H groups in total. The molecule has 1 saturated heterocycles.